The summed E-state index contributed by atoms with van der Waals surface area (Å²) >= 11 is 6.13. The molecule has 1 heterocycles. The minimum atomic E-state index is 0.241. The molecule has 0 amide bonds. The second-order valence-electron chi connectivity index (χ2n) is 4.31. The molecule has 0 aliphatic carbocycles. The molecule has 4 heteroatoms. The second-order valence-corrected chi connectivity index (χ2v) is 4.67. The first-order chi connectivity index (χ1) is 9.72. The van der Waals surface area contributed by atoms with E-state index in [1.807, 2.05) is 48.6 Å². The highest BCUT2D eigenvalue weighted by atomic mass is 35.5. The maximum atomic E-state index is 9.24. The zero-order valence-electron chi connectivity index (χ0n) is 10.5. The highest BCUT2D eigenvalue weighted by Crippen LogP contribution is 2.19. The molecule has 0 bridgehead atoms. The van der Waals surface area contributed by atoms with Gasteiger partial charge in [0, 0.05) is 0 Å². The van der Waals surface area contributed by atoms with Crippen LogP contribution in [0.1, 0.15) is 11.3 Å². The van der Waals surface area contributed by atoms with Gasteiger partial charge < -0.3 is 5.11 Å². The van der Waals surface area contributed by atoms with Crippen molar-refractivity contribution in [2.24, 2.45) is 0 Å². The molecule has 98 valence electrons. The van der Waals surface area contributed by atoms with Crippen molar-refractivity contribution in [1.29, 1.82) is 0 Å². The summed E-state index contributed by atoms with van der Waals surface area (Å²) in [6.45, 7) is 0. The van der Waals surface area contributed by atoms with Crippen molar-refractivity contribution in [3.05, 3.63) is 64.9 Å². The summed E-state index contributed by atoms with van der Waals surface area (Å²) in [4.78, 5) is 8.79. The van der Waals surface area contributed by atoms with E-state index in [0.717, 1.165) is 16.6 Å². The van der Waals surface area contributed by atoms with Crippen molar-refractivity contribution >= 4 is 34.8 Å². The molecule has 0 fully saturated rings. The number of halogens is 1. The van der Waals surface area contributed by atoms with Gasteiger partial charge in [-0.1, -0.05) is 41.9 Å². The van der Waals surface area contributed by atoms with E-state index in [1.165, 1.54) is 0 Å². The van der Waals surface area contributed by atoms with E-state index >= 15 is 0 Å². The third-order valence-corrected chi connectivity index (χ3v) is 3.16. The van der Waals surface area contributed by atoms with Gasteiger partial charge in [-0.15, -0.1) is 0 Å². The molecule has 0 unspecified atom stereocenters. The number of para-hydroxylation sites is 2. The van der Waals surface area contributed by atoms with Crippen molar-refractivity contribution in [3.63, 3.8) is 0 Å². The zero-order valence-corrected chi connectivity index (χ0v) is 11.2. The van der Waals surface area contributed by atoms with Gasteiger partial charge in [0.2, 0.25) is 0 Å². The lowest BCUT2D eigenvalue weighted by Crippen LogP contribution is -1.89. The lowest BCUT2D eigenvalue weighted by Gasteiger charge is -2.01. The molecule has 0 saturated carbocycles. The molecular weight excluding hydrogens is 272 g/mol. The molecule has 0 saturated heterocycles. The Morgan fingerprint density at radius 3 is 2.20 bits per heavy atom. The topological polar surface area (TPSA) is 46.0 Å². The van der Waals surface area contributed by atoms with Crippen LogP contribution >= 0.6 is 11.6 Å². The Kier molecular flexibility index (Phi) is 3.35. The molecule has 3 aromatic rings. The lowest BCUT2D eigenvalue weighted by molar-refractivity contribution is 0.475. The van der Waals surface area contributed by atoms with Crippen LogP contribution in [0.15, 0.2) is 48.5 Å². The van der Waals surface area contributed by atoms with Crippen molar-refractivity contribution in [1.82, 2.24) is 9.97 Å². The van der Waals surface area contributed by atoms with Gasteiger partial charge in [-0.25, -0.2) is 9.97 Å². The van der Waals surface area contributed by atoms with Crippen LogP contribution in [0.5, 0.6) is 5.75 Å². The minimum absolute atomic E-state index is 0.241. The van der Waals surface area contributed by atoms with Crippen LogP contribution in [0.25, 0.3) is 23.2 Å². The van der Waals surface area contributed by atoms with Gasteiger partial charge in [0.15, 0.2) is 5.15 Å². The van der Waals surface area contributed by atoms with E-state index in [-0.39, 0.29) is 5.75 Å². The minimum Gasteiger partial charge on any atom is -0.508 e. The summed E-state index contributed by atoms with van der Waals surface area (Å²) < 4.78 is 0. The van der Waals surface area contributed by atoms with Crippen LogP contribution in [0.4, 0.5) is 0 Å². The number of phenols is 1. The smallest absolute Gasteiger partial charge is 0.155 e. The Bertz CT molecular complexity index is 782. The van der Waals surface area contributed by atoms with Crippen LogP contribution in [-0.2, 0) is 0 Å². The predicted octanol–water partition coefficient (Wildman–Crippen LogP) is 4.16. The molecule has 0 atom stereocenters. The molecule has 1 aromatic heterocycles. The first kappa shape index (κ1) is 12.6. The van der Waals surface area contributed by atoms with Gasteiger partial charge in [0.1, 0.15) is 11.4 Å². The van der Waals surface area contributed by atoms with Gasteiger partial charge in [0.25, 0.3) is 0 Å². The highest BCUT2D eigenvalue weighted by Gasteiger charge is 2.03. The van der Waals surface area contributed by atoms with Gasteiger partial charge in [-0.3, -0.25) is 0 Å². The standard InChI is InChI=1S/C16H11ClN2O/c17-16-15(10-7-11-5-8-12(20)9-6-11)18-13-3-1-2-4-14(13)19-16/h1-10,20H/b10-7+. The monoisotopic (exact) mass is 282 g/mol. The fourth-order valence-corrected chi connectivity index (χ4v) is 2.06. The number of hydrogen-bond acceptors (Lipinski definition) is 3. The maximum absolute atomic E-state index is 9.24. The Balaban J connectivity index is 1.97. The third-order valence-electron chi connectivity index (χ3n) is 2.88. The van der Waals surface area contributed by atoms with Gasteiger partial charge in [0.05, 0.1) is 11.0 Å². The van der Waals surface area contributed by atoms with Crippen LogP contribution in [0.2, 0.25) is 5.15 Å². The molecular formula is C16H11ClN2O. The highest BCUT2D eigenvalue weighted by molar-refractivity contribution is 6.31. The number of aromatic nitrogens is 2. The SMILES string of the molecule is Oc1ccc(/C=C/c2nc3ccccc3nc2Cl)cc1. The summed E-state index contributed by atoms with van der Waals surface area (Å²) in [7, 11) is 0. The zero-order chi connectivity index (χ0) is 13.9. The summed E-state index contributed by atoms with van der Waals surface area (Å²) in [5.74, 6) is 0.241. The molecule has 3 nitrogen and oxygen atoms in total. The maximum Gasteiger partial charge on any atom is 0.155 e. The van der Waals surface area contributed by atoms with Crippen LogP contribution < -0.4 is 0 Å². The number of aromatic hydroxyl groups is 1. The molecule has 0 radical (unpaired) electrons. The van der Waals surface area contributed by atoms with Gasteiger partial charge in [-0.2, -0.15) is 0 Å². The Labute approximate surface area is 121 Å². The number of hydrogen-bond donors (Lipinski definition) is 1. The van der Waals surface area contributed by atoms with E-state index in [4.69, 9.17) is 11.6 Å². The number of nitrogens with zero attached hydrogens (tertiary/aromatic N) is 2. The van der Waals surface area contributed by atoms with Crippen molar-refractivity contribution in [3.8, 4) is 5.75 Å². The van der Waals surface area contributed by atoms with Crippen molar-refractivity contribution in [2.75, 3.05) is 0 Å². The van der Waals surface area contributed by atoms with E-state index in [0.29, 0.717) is 10.8 Å². The quantitative estimate of drug-likeness (QED) is 0.768. The first-order valence-corrected chi connectivity index (χ1v) is 6.49. The van der Waals surface area contributed by atoms with Crippen LogP contribution in [-0.4, -0.2) is 15.1 Å². The average molecular weight is 283 g/mol. The van der Waals surface area contributed by atoms with Crippen LogP contribution in [0.3, 0.4) is 0 Å². The second kappa shape index (κ2) is 5.31. The normalized spacial score (nSPS) is 11.2. The van der Waals surface area contributed by atoms with E-state index in [2.05, 4.69) is 9.97 Å². The van der Waals surface area contributed by atoms with Crippen molar-refractivity contribution < 1.29 is 5.11 Å². The molecule has 0 aliphatic heterocycles. The molecule has 3 rings (SSSR count). The summed E-state index contributed by atoms with van der Waals surface area (Å²) in [5.41, 5.74) is 3.16. The molecule has 1 N–H and O–H groups in total. The number of rotatable bonds is 2. The molecule has 0 spiro atoms. The fraction of sp³-hybridized carbons (Fsp3) is 0. The van der Waals surface area contributed by atoms with E-state index in [1.54, 1.807) is 12.1 Å². The Hall–Kier alpha value is -2.39. The number of fused-ring (bicyclic) bond motifs is 1. The predicted molar refractivity (Wildman–Crippen MR) is 81.6 cm³/mol. The summed E-state index contributed by atoms with van der Waals surface area (Å²) in [6.07, 6.45) is 3.69. The number of phenolic OH excluding ortho intramolecular Hbond substituents is 1. The number of benzene rings is 2. The first-order valence-electron chi connectivity index (χ1n) is 6.12. The lowest BCUT2D eigenvalue weighted by atomic mass is 10.2. The third kappa shape index (κ3) is 2.63. The molecule has 2 aromatic carbocycles. The van der Waals surface area contributed by atoms with Gasteiger partial charge >= 0.3 is 0 Å². The molecule has 20 heavy (non-hydrogen) atoms. The van der Waals surface area contributed by atoms with Gasteiger partial charge in [-0.05, 0) is 35.9 Å². The van der Waals surface area contributed by atoms with E-state index < -0.39 is 0 Å². The molecule has 0 aliphatic rings. The summed E-state index contributed by atoms with van der Waals surface area (Å²) in [6, 6.07) is 14.5. The average Bonchev–Trinajstić information content (AvgIpc) is 2.47. The van der Waals surface area contributed by atoms with Crippen LogP contribution in [0, 0.1) is 0 Å². The summed E-state index contributed by atoms with van der Waals surface area (Å²) in [5, 5.41) is 9.61. The largest absolute Gasteiger partial charge is 0.508 e. The fourth-order valence-electron chi connectivity index (χ4n) is 1.86. The van der Waals surface area contributed by atoms with E-state index in [9.17, 15) is 5.11 Å². The Morgan fingerprint density at radius 2 is 1.50 bits per heavy atom. The Morgan fingerprint density at radius 1 is 0.850 bits per heavy atom. The van der Waals surface area contributed by atoms with Crippen molar-refractivity contribution in [2.45, 2.75) is 0 Å².